The van der Waals surface area contributed by atoms with Crippen molar-refractivity contribution in [2.75, 3.05) is 6.61 Å². The maximum Gasteiger partial charge on any atom is 0.257 e. The average molecular weight is 269 g/mol. The number of nitrogens with zero attached hydrogens (tertiary/aromatic N) is 3. The molecule has 102 valence electrons. The highest BCUT2D eigenvalue weighted by Crippen LogP contribution is 2.25. The molecule has 0 fully saturated rings. The molecule has 0 atom stereocenters. The Balaban J connectivity index is 2.26. The van der Waals surface area contributed by atoms with Crippen molar-refractivity contribution >= 4 is 0 Å². The Labute approximate surface area is 117 Å². The highest BCUT2D eigenvalue weighted by atomic mass is 16.5. The number of ether oxygens (including phenoxy) is 1. The molecule has 0 saturated carbocycles. The first-order chi connectivity index (χ1) is 9.65. The number of aromatic nitrogens is 2. The molecule has 0 unspecified atom stereocenters. The first-order valence-corrected chi connectivity index (χ1v) is 6.27. The van der Waals surface area contributed by atoms with E-state index in [2.05, 4.69) is 16.3 Å². The van der Waals surface area contributed by atoms with E-state index in [1.54, 1.807) is 19.1 Å². The minimum Gasteiger partial charge on any atom is -0.437 e. The maximum atomic E-state index is 9.19. The van der Waals surface area contributed by atoms with E-state index in [1.807, 2.05) is 19.1 Å². The second-order valence-electron chi connectivity index (χ2n) is 4.42. The fourth-order valence-corrected chi connectivity index (χ4v) is 1.75. The molecule has 2 aromatic rings. The monoisotopic (exact) mass is 269 g/mol. The van der Waals surface area contributed by atoms with Crippen LogP contribution in [0.4, 0.5) is 0 Å². The van der Waals surface area contributed by atoms with E-state index in [4.69, 9.17) is 9.84 Å². The molecule has 2 rings (SSSR count). The van der Waals surface area contributed by atoms with Gasteiger partial charge in [-0.05, 0) is 43.5 Å². The summed E-state index contributed by atoms with van der Waals surface area (Å²) in [7, 11) is 0. The highest BCUT2D eigenvalue weighted by molar-refractivity contribution is 5.46. The fourth-order valence-electron chi connectivity index (χ4n) is 1.75. The second kappa shape index (κ2) is 6.13. The van der Waals surface area contributed by atoms with Crippen LogP contribution < -0.4 is 4.74 Å². The van der Waals surface area contributed by atoms with Crippen LogP contribution in [0.2, 0.25) is 0 Å². The Hall–Kier alpha value is -2.45. The van der Waals surface area contributed by atoms with Gasteiger partial charge in [0.15, 0.2) is 0 Å². The average Bonchev–Trinajstić information content (AvgIpc) is 2.46. The van der Waals surface area contributed by atoms with Crippen molar-refractivity contribution in [1.82, 2.24) is 10.2 Å². The van der Waals surface area contributed by atoms with Gasteiger partial charge in [0.2, 0.25) is 0 Å². The smallest absolute Gasteiger partial charge is 0.257 e. The van der Waals surface area contributed by atoms with Crippen molar-refractivity contribution in [2.24, 2.45) is 0 Å². The van der Waals surface area contributed by atoms with Crippen molar-refractivity contribution in [3.05, 3.63) is 46.6 Å². The van der Waals surface area contributed by atoms with Gasteiger partial charge in [0.1, 0.15) is 17.4 Å². The molecule has 0 radical (unpaired) electrons. The molecule has 1 aromatic heterocycles. The minimum atomic E-state index is 0.113. The lowest BCUT2D eigenvalue weighted by atomic mass is 10.1. The van der Waals surface area contributed by atoms with Crippen molar-refractivity contribution < 1.29 is 9.84 Å². The lowest BCUT2D eigenvalue weighted by Crippen LogP contribution is -2.00. The van der Waals surface area contributed by atoms with Crippen LogP contribution in [0.5, 0.6) is 11.6 Å². The number of hydrogen-bond acceptors (Lipinski definition) is 5. The summed E-state index contributed by atoms with van der Waals surface area (Å²) >= 11 is 0. The molecule has 5 nitrogen and oxygen atoms in total. The van der Waals surface area contributed by atoms with Crippen molar-refractivity contribution in [3.8, 4) is 17.7 Å². The molecule has 0 saturated heterocycles. The lowest BCUT2D eigenvalue weighted by molar-refractivity contribution is 0.299. The summed E-state index contributed by atoms with van der Waals surface area (Å²) in [5, 5.41) is 26.0. The van der Waals surface area contributed by atoms with Gasteiger partial charge in [0.05, 0.1) is 5.69 Å². The highest BCUT2D eigenvalue weighted by Gasteiger charge is 2.12. The van der Waals surface area contributed by atoms with Crippen LogP contribution in [0.3, 0.4) is 0 Å². The molecule has 20 heavy (non-hydrogen) atoms. The number of aliphatic hydroxyl groups is 1. The number of hydrogen-bond donors (Lipinski definition) is 1. The predicted octanol–water partition coefficient (Wildman–Crippen LogP) is 2.29. The van der Waals surface area contributed by atoms with Gasteiger partial charge in [0, 0.05) is 6.61 Å². The summed E-state index contributed by atoms with van der Waals surface area (Å²) < 4.78 is 5.61. The van der Waals surface area contributed by atoms with Crippen LogP contribution in [0.1, 0.15) is 22.4 Å². The third-order valence-corrected chi connectivity index (χ3v) is 3.07. The van der Waals surface area contributed by atoms with Gasteiger partial charge >= 0.3 is 0 Å². The maximum absolute atomic E-state index is 9.19. The molecule has 0 aliphatic carbocycles. The van der Waals surface area contributed by atoms with Crippen LogP contribution in [0, 0.1) is 25.2 Å². The van der Waals surface area contributed by atoms with Crippen LogP contribution in [0.15, 0.2) is 24.3 Å². The van der Waals surface area contributed by atoms with E-state index in [1.165, 1.54) is 0 Å². The van der Waals surface area contributed by atoms with Crippen LogP contribution in [-0.2, 0) is 6.42 Å². The van der Waals surface area contributed by atoms with Crippen molar-refractivity contribution in [3.63, 3.8) is 0 Å². The third-order valence-electron chi connectivity index (χ3n) is 3.07. The van der Waals surface area contributed by atoms with E-state index in [0.717, 1.165) is 11.1 Å². The first kappa shape index (κ1) is 14.0. The minimum absolute atomic E-state index is 0.113. The van der Waals surface area contributed by atoms with Crippen molar-refractivity contribution in [1.29, 1.82) is 5.26 Å². The lowest BCUT2D eigenvalue weighted by Gasteiger charge is -2.09. The van der Waals surface area contributed by atoms with Gasteiger partial charge in [-0.15, -0.1) is 5.10 Å². The molecule has 0 aliphatic rings. The molecule has 0 bridgehead atoms. The second-order valence-corrected chi connectivity index (χ2v) is 4.42. The zero-order valence-corrected chi connectivity index (χ0v) is 11.4. The number of aryl methyl sites for hydroxylation is 1. The van der Waals surface area contributed by atoms with E-state index in [9.17, 15) is 5.26 Å². The number of aliphatic hydroxyl groups excluding tert-OH is 1. The van der Waals surface area contributed by atoms with Crippen molar-refractivity contribution in [2.45, 2.75) is 20.3 Å². The van der Waals surface area contributed by atoms with Crippen LogP contribution in [0.25, 0.3) is 0 Å². The molecule has 1 aromatic carbocycles. The molecule has 0 spiro atoms. The van der Waals surface area contributed by atoms with Gasteiger partial charge in [-0.25, -0.2) is 0 Å². The van der Waals surface area contributed by atoms with Gasteiger partial charge < -0.3 is 9.84 Å². The third kappa shape index (κ3) is 2.92. The van der Waals surface area contributed by atoms with Crippen LogP contribution >= 0.6 is 0 Å². The largest absolute Gasteiger partial charge is 0.437 e. The zero-order chi connectivity index (χ0) is 14.5. The number of benzene rings is 1. The summed E-state index contributed by atoms with van der Waals surface area (Å²) in [6, 6.07) is 9.39. The SMILES string of the molecule is Cc1nnc(Oc2ccc(CCO)cc2)c(C#N)c1C. The topological polar surface area (TPSA) is 79.0 Å². The van der Waals surface area contributed by atoms with E-state index in [0.29, 0.717) is 23.4 Å². The van der Waals surface area contributed by atoms with Crippen LogP contribution in [-0.4, -0.2) is 21.9 Å². The molecule has 0 amide bonds. The Kier molecular flexibility index (Phi) is 4.28. The van der Waals surface area contributed by atoms with Gasteiger partial charge in [-0.1, -0.05) is 12.1 Å². The molecular formula is C15H15N3O2. The normalized spacial score (nSPS) is 10.1. The summed E-state index contributed by atoms with van der Waals surface area (Å²) in [6.45, 7) is 3.73. The summed E-state index contributed by atoms with van der Waals surface area (Å²) in [5.41, 5.74) is 2.91. The Morgan fingerprint density at radius 3 is 2.50 bits per heavy atom. The first-order valence-electron chi connectivity index (χ1n) is 6.27. The number of nitriles is 1. The van der Waals surface area contributed by atoms with Gasteiger partial charge in [-0.3, -0.25) is 0 Å². The quantitative estimate of drug-likeness (QED) is 0.921. The molecule has 1 heterocycles. The molecular weight excluding hydrogens is 254 g/mol. The molecule has 0 aliphatic heterocycles. The number of rotatable bonds is 4. The standard InChI is InChI=1S/C15H15N3O2/c1-10-11(2)17-18-15(14(10)9-16)20-13-5-3-12(4-6-13)7-8-19/h3-6,19H,7-8H2,1-2H3. The summed E-state index contributed by atoms with van der Waals surface area (Å²) in [4.78, 5) is 0. The molecule has 1 N–H and O–H groups in total. The predicted molar refractivity (Wildman–Crippen MR) is 73.5 cm³/mol. The van der Waals surface area contributed by atoms with Gasteiger partial charge in [-0.2, -0.15) is 10.4 Å². The Morgan fingerprint density at radius 2 is 1.90 bits per heavy atom. The van der Waals surface area contributed by atoms with E-state index in [-0.39, 0.29) is 12.5 Å². The zero-order valence-electron chi connectivity index (χ0n) is 11.4. The summed E-state index contributed by atoms with van der Waals surface area (Å²) in [6.07, 6.45) is 0.604. The fraction of sp³-hybridized carbons (Fsp3) is 0.267. The van der Waals surface area contributed by atoms with E-state index >= 15 is 0 Å². The van der Waals surface area contributed by atoms with Gasteiger partial charge in [0.25, 0.3) is 5.88 Å². The molecule has 5 heteroatoms. The van der Waals surface area contributed by atoms with E-state index < -0.39 is 0 Å². The Bertz CT molecular complexity index is 645. The summed E-state index contributed by atoms with van der Waals surface area (Å²) in [5.74, 6) is 0.797. The Morgan fingerprint density at radius 1 is 1.20 bits per heavy atom.